The van der Waals surface area contributed by atoms with Gasteiger partial charge in [0, 0.05) is 11.1 Å². The number of hydrogen-bond donors (Lipinski definition) is 0. The predicted octanol–water partition coefficient (Wildman–Crippen LogP) is 5.30. The van der Waals surface area contributed by atoms with Crippen LogP contribution in [0.15, 0.2) is 60.2 Å². The summed E-state index contributed by atoms with van der Waals surface area (Å²) in [7, 11) is 1.47. The lowest BCUT2D eigenvalue weighted by atomic mass is 10.00. The summed E-state index contributed by atoms with van der Waals surface area (Å²) in [6.45, 7) is 5.72. The van der Waals surface area contributed by atoms with Crippen molar-refractivity contribution in [2.24, 2.45) is 0 Å². The standard InChI is InChI=1S/C27H22O5/c1-15-11-16(2)24(17(3)12-15)27(30)32-22-10-9-18(14-23(22)31-4)13-21-25(28)19-7-5-6-8-20(19)26(21)29/h5-14H,1-4H3. The Morgan fingerprint density at radius 2 is 1.41 bits per heavy atom. The fraction of sp³-hybridized carbons (Fsp3) is 0.148. The molecule has 3 aromatic rings. The van der Waals surface area contributed by atoms with Gasteiger partial charge in [0.1, 0.15) is 0 Å². The summed E-state index contributed by atoms with van der Waals surface area (Å²) in [6, 6.07) is 15.5. The van der Waals surface area contributed by atoms with Gasteiger partial charge in [-0.1, -0.05) is 48.0 Å². The van der Waals surface area contributed by atoms with E-state index in [2.05, 4.69) is 0 Å². The van der Waals surface area contributed by atoms with E-state index in [4.69, 9.17) is 9.47 Å². The summed E-state index contributed by atoms with van der Waals surface area (Å²) >= 11 is 0. The van der Waals surface area contributed by atoms with Crippen LogP contribution < -0.4 is 9.47 Å². The second-order valence-corrected chi connectivity index (χ2v) is 7.84. The van der Waals surface area contributed by atoms with Gasteiger partial charge in [-0.15, -0.1) is 0 Å². The largest absolute Gasteiger partial charge is 0.493 e. The van der Waals surface area contributed by atoms with Crippen molar-refractivity contribution in [1.29, 1.82) is 0 Å². The minimum Gasteiger partial charge on any atom is -0.493 e. The highest BCUT2D eigenvalue weighted by atomic mass is 16.6. The van der Waals surface area contributed by atoms with Crippen LogP contribution in [-0.2, 0) is 0 Å². The summed E-state index contributed by atoms with van der Waals surface area (Å²) in [5.74, 6) is -0.492. The van der Waals surface area contributed by atoms with Gasteiger partial charge in [-0.05, 0) is 55.7 Å². The Labute approximate surface area is 186 Å². The second kappa shape index (κ2) is 8.27. The zero-order valence-electron chi connectivity index (χ0n) is 18.3. The van der Waals surface area contributed by atoms with Gasteiger partial charge in [0.05, 0.1) is 18.2 Å². The quantitative estimate of drug-likeness (QED) is 0.245. The fourth-order valence-corrected chi connectivity index (χ4v) is 4.08. The van der Waals surface area contributed by atoms with E-state index in [0.29, 0.717) is 28.0 Å². The number of carbonyl (C=O) groups excluding carboxylic acids is 3. The predicted molar refractivity (Wildman–Crippen MR) is 122 cm³/mol. The van der Waals surface area contributed by atoms with Crippen LogP contribution in [0.3, 0.4) is 0 Å². The van der Waals surface area contributed by atoms with E-state index >= 15 is 0 Å². The maximum Gasteiger partial charge on any atom is 0.344 e. The molecular weight excluding hydrogens is 404 g/mol. The van der Waals surface area contributed by atoms with Crippen LogP contribution in [0.1, 0.15) is 53.3 Å². The normalized spacial score (nSPS) is 12.6. The van der Waals surface area contributed by atoms with Gasteiger partial charge in [-0.25, -0.2) is 4.79 Å². The van der Waals surface area contributed by atoms with Crippen LogP contribution in [0.4, 0.5) is 0 Å². The van der Waals surface area contributed by atoms with Crippen molar-refractivity contribution in [1.82, 2.24) is 0 Å². The second-order valence-electron chi connectivity index (χ2n) is 7.84. The monoisotopic (exact) mass is 426 g/mol. The van der Waals surface area contributed by atoms with E-state index in [1.54, 1.807) is 42.5 Å². The third-order valence-electron chi connectivity index (χ3n) is 5.49. The highest BCUT2D eigenvalue weighted by Crippen LogP contribution is 2.32. The molecule has 0 atom stereocenters. The Balaban J connectivity index is 1.64. The highest BCUT2D eigenvalue weighted by molar-refractivity contribution is 6.41. The molecule has 0 saturated heterocycles. The van der Waals surface area contributed by atoms with Crippen molar-refractivity contribution >= 4 is 23.6 Å². The number of esters is 1. The first kappa shape index (κ1) is 21.2. The molecule has 4 rings (SSSR count). The van der Waals surface area contributed by atoms with Gasteiger partial charge >= 0.3 is 5.97 Å². The summed E-state index contributed by atoms with van der Waals surface area (Å²) < 4.78 is 11.0. The molecule has 0 amide bonds. The van der Waals surface area contributed by atoms with Crippen LogP contribution in [0.2, 0.25) is 0 Å². The molecule has 0 N–H and O–H groups in total. The first-order valence-corrected chi connectivity index (χ1v) is 10.2. The molecule has 0 spiro atoms. The summed E-state index contributed by atoms with van der Waals surface area (Å²) in [4.78, 5) is 38.1. The van der Waals surface area contributed by atoms with Crippen molar-refractivity contribution in [2.45, 2.75) is 20.8 Å². The molecule has 1 aliphatic carbocycles. The number of benzene rings is 3. The highest BCUT2D eigenvalue weighted by Gasteiger charge is 2.32. The van der Waals surface area contributed by atoms with Gasteiger partial charge in [0.15, 0.2) is 23.1 Å². The van der Waals surface area contributed by atoms with Crippen molar-refractivity contribution < 1.29 is 23.9 Å². The number of fused-ring (bicyclic) bond motifs is 1. The molecule has 0 radical (unpaired) electrons. The minimum atomic E-state index is -0.471. The van der Waals surface area contributed by atoms with E-state index in [9.17, 15) is 14.4 Å². The third-order valence-corrected chi connectivity index (χ3v) is 5.49. The zero-order valence-corrected chi connectivity index (χ0v) is 18.3. The van der Waals surface area contributed by atoms with Crippen LogP contribution in [-0.4, -0.2) is 24.6 Å². The number of carbonyl (C=O) groups is 3. The van der Waals surface area contributed by atoms with Crippen molar-refractivity contribution in [3.63, 3.8) is 0 Å². The Morgan fingerprint density at radius 3 is 1.97 bits per heavy atom. The number of ketones is 2. The number of rotatable bonds is 4. The topological polar surface area (TPSA) is 69.7 Å². The van der Waals surface area contributed by atoms with Crippen LogP contribution in [0.5, 0.6) is 11.5 Å². The summed E-state index contributed by atoms with van der Waals surface area (Å²) in [5, 5.41) is 0. The average molecular weight is 426 g/mol. The number of Topliss-reactive ketones (excluding diaryl/α,β-unsaturated/α-hetero) is 2. The Bertz CT molecular complexity index is 1250. The minimum absolute atomic E-state index is 0.101. The van der Waals surface area contributed by atoms with Crippen LogP contribution >= 0.6 is 0 Å². The molecule has 32 heavy (non-hydrogen) atoms. The molecule has 0 aliphatic heterocycles. The van der Waals surface area contributed by atoms with E-state index in [1.165, 1.54) is 13.2 Å². The number of hydrogen-bond acceptors (Lipinski definition) is 5. The molecule has 0 bridgehead atoms. The van der Waals surface area contributed by atoms with Gasteiger partial charge in [0.25, 0.3) is 0 Å². The van der Waals surface area contributed by atoms with E-state index < -0.39 is 5.97 Å². The smallest absolute Gasteiger partial charge is 0.344 e. The molecule has 160 valence electrons. The SMILES string of the molecule is COc1cc(C=C2C(=O)c3ccccc3C2=O)ccc1OC(=O)c1c(C)cc(C)cc1C. The molecule has 0 fully saturated rings. The molecule has 1 aliphatic rings. The molecule has 3 aromatic carbocycles. The van der Waals surface area contributed by atoms with Crippen molar-refractivity contribution in [3.05, 3.63) is 99.1 Å². The van der Waals surface area contributed by atoms with E-state index in [0.717, 1.165) is 16.7 Å². The van der Waals surface area contributed by atoms with Gasteiger partial charge in [-0.3, -0.25) is 9.59 Å². The molecule has 0 heterocycles. The van der Waals surface area contributed by atoms with Gasteiger partial charge in [0.2, 0.25) is 0 Å². The maximum absolute atomic E-state index is 12.8. The Hall–Kier alpha value is -3.99. The molecular formula is C27H22O5. The fourth-order valence-electron chi connectivity index (χ4n) is 4.08. The third kappa shape index (κ3) is 3.73. The lowest BCUT2D eigenvalue weighted by Crippen LogP contribution is -2.13. The first-order chi connectivity index (χ1) is 15.3. The van der Waals surface area contributed by atoms with E-state index in [-0.39, 0.29) is 22.9 Å². The van der Waals surface area contributed by atoms with Gasteiger partial charge < -0.3 is 9.47 Å². The lowest BCUT2D eigenvalue weighted by Gasteiger charge is -2.13. The molecule has 5 nitrogen and oxygen atoms in total. The molecule has 0 saturated carbocycles. The van der Waals surface area contributed by atoms with Crippen LogP contribution in [0.25, 0.3) is 6.08 Å². The lowest BCUT2D eigenvalue weighted by molar-refractivity contribution is 0.0727. The number of allylic oxidation sites excluding steroid dienone is 1. The summed E-state index contributed by atoms with van der Waals surface area (Å²) in [5.41, 5.74) is 4.78. The average Bonchev–Trinajstić information content (AvgIpc) is 2.99. The Kier molecular flexibility index (Phi) is 5.49. The van der Waals surface area contributed by atoms with Crippen molar-refractivity contribution in [3.8, 4) is 11.5 Å². The van der Waals surface area contributed by atoms with Gasteiger partial charge in [-0.2, -0.15) is 0 Å². The number of ether oxygens (including phenoxy) is 2. The zero-order chi connectivity index (χ0) is 23.0. The molecule has 5 heteroatoms. The molecule has 0 aromatic heterocycles. The Morgan fingerprint density at radius 1 is 0.812 bits per heavy atom. The first-order valence-electron chi connectivity index (χ1n) is 10.2. The van der Waals surface area contributed by atoms with Crippen LogP contribution in [0, 0.1) is 20.8 Å². The van der Waals surface area contributed by atoms with E-state index in [1.807, 2.05) is 32.9 Å². The number of methoxy groups -OCH3 is 1. The maximum atomic E-state index is 12.8. The summed E-state index contributed by atoms with van der Waals surface area (Å²) in [6.07, 6.45) is 1.53. The number of aryl methyl sites for hydroxylation is 3. The van der Waals surface area contributed by atoms with Crippen molar-refractivity contribution in [2.75, 3.05) is 7.11 Å². The molecule has 0 unspecified atom stereocenters.